The standard InChI is InChI=1S/C14H19NO4S/c1-8-9(2)20(16,17)13-7-12-11(6-10(13)14(8)15)18-4-3-5-19-12/h6-9,14H,3-5,15H2,1-2H3. The smallest absolute Gasteiger partial charge is 0.181 e. The molecule has 0 amide bonds. The van der Waals surface area contributed by atoms with Crippen molar-refractivity contribution in [3.63, 3.8) is 0 Å². The van der Waals surface area contributed by atoms with Crippen LogP contribution in [-0.2, 0) is 9.84 Å². The van der Waals surface area contributed by atoms with E-state index < -0.39 is 15.1 Å². The predicted molar refractivity (Wildman–Crippen MR) is 74.8 cm³/mol. The van der Waals surface area contributed by atoms with Gasteiger partial charge in [0.15, 0.2) is 21.3 Å². The summed E-state index contributed by atoms with van der Waals surface area (Å²) in [6.45, 7) is 4.69. The van der Waals surface area contributed by atoms with Crippen LogP contribution in [-0.4, -0.2) is 26.9 Å². The van der Waals surface area contributed by atoms with Crippen LogP contribution in [0.3, 0.4) is 0 Å². The van der Waals surface area contributed by atoms with Crippen LogP contribution in [0.15, 0.2) is 17.0 Å². The Morgan fingerprint density at radius 1 is 1.15 bits per heavy atom. The van der Waals surface area contributed by atoms with Crippen LogP contribution < -0.4 is 15.2 Å². The Labute approximate surface area is 119 Å². The Hall–Kier alpha value is -1.27. The summed E-state index contributed by atoms with van der Waals surface area (Å²) in [4.78, 5) is 0.292. The molecule has 2 aliphatic heterocycles. The zero-order valence-corrected chi connectivity index (χ0v) is 12.4. The molecule has 3 rings (SSSR count). The minimum atomic E-state index is -3.36. The molecule has 2 aliphatic rings. The lowest BCUT2D eigenvalue weighted by Crippen LogP contribution is -2.39. The first kappa shape index (κ1) is 13.7. The predicted octanol–water partition coefficient (Wildman–Crippen LogP) is 1.66. The van der Waals surface area contributed by atoms with Crippen LogP contribution in [0.1, 0.15) is 31.9 Å². The van der Waals surface area contributed by atoms with E-state index in [4.69, 9.17) is 15.2 Å². The summed E-state index contributed by atoms with van der Waals surface area (Å²) >= 11 is 0. The molecule has 0 saturated heterocycles. The number of rotatable bonds is 0. The third-order valence-electron chi connectivity index (χ3n) is 4.34. The maximum absolute atomic E-state index is 12.6. The van der Waals surface area contributed by atoms with E-state index in [0.717, 1.165) is 6.42 Å². The number of hydrogen-bond acceptors (Lipinski definition) is 5. The molecule has 0 bridgehead atoms. The van der Waals surface area contributed by atoms with E-state index in [0.29, 0.717) is 35.2 Å². The molecule has 0 spiro atoms. The van der Waals surface area contributed by atoms with Crippen molar-refractivity contribution in [1.29, 1.82) is 0 Å². The molecule has 3 atom stereocenters. The van der Waals surface area contributed by atoms with E-state index in [2.05, 4.69) is 0 Å². The van der Waals surface area contributed by atoms with E-state index in [-0.39, 0.29) is 12.0 Å². The molecule has 110 valence electrons. The van der Waals surface area contributed by atoms with Gasteiger partial charge >= 0.3 is 0 Å². The second kappa shape index (κ2) is 4.63. The van der Waals surface area contributed by atoms with Crippen molar-refractivity contribution in [3.05, 3.63) is 17.7 Å². The second-order valence-corrected chi connectivity index (χ2v) is 7.80. The summed E-state index contributed by atoms with van der Waals surface area (Å²) in [6, 6.07) is 3.01. The van der Waals surface area contributed by atoms with Crippen LogP contribution in [0, 0.1) is 5.92 Å². The summed E-state index contributed by atoms with van der Waals surface area (Å²) in [5.74, 6) is 0.963. The van der Waals surface area contributed by atoms with Gasteiger partial charge in [0.25, 0.3) is 0 Å². The normalized spacial score (nSPS) is 31.2. The third-order valence-corrected chi connectivity index (χ3v) is 6.72. The highest BCUT2D eigenvalue weighted by atomic mass is 32.2. The topological polar surface area (TPSA) is 78.6 Å². The van der Waals surface area contributed by atoms with E-state index in [9.17, 15) is 8.42 Å². The van der Waals surface area contributed by atoms with Gasteiger partial charge in [-0.05, 0) is 24.5 Å². The van der Waals surface area contributed by atoms with Crippen molar-refractivity contribution in [2.45, 2.75) is 36.5 Å². The van der Waals surface area contributed by atoms with Crippen molar-refractivity contribution in [3.8, 4) is 11.5 Å². The zero-order valence-electron chi connectivity index (χ0n) is 11.6. The third kappa shape index (κ3) is 1.90. The minimum absolute atomic E-state index is 0.128. The maximum atomic E-state index is 12.6. The quantitative estimate of drug-likeness (QED) is 0.788. The highest BCUT2D eigenvalue weighted by Crippen LogP contribution is 2.44. The first-order chi connectivity index (χ1) is 9.43. The molecule has 1 aromatic rings. The van der Waals surface area contributed by atoms with Crippen LogP contribution in [0.25, 0.3) is 0 Å². The SMILES string of the molecule is CC1C(N)c2cc3c(cc2S(=O)(=O)C1C)OCCCO3. The van der Waals surface area contributed by atoms with Gasteiger partial charge in [-0.2, -0.15) is 0 Å². The fourth-order valence-electron chi connectivity index (χ4n) is 2.77. The van der Waals surface area contributed by atoms with Gasteiger partial charge in [-0.15, -0.1) is 0 Å². The summed E-state index contributed by atoms with van der Waals surface area (Å²) in [6.07, 6.45) is 0.783. The summed E-state index contributed by atoms with van der Waals surface area (Å²) in [7, 11) is -3.36. The van der Waals surface area contributed by atoms with E-state index in [1.165, 1.54) is 0 Å². The van der Waals surface area contributed by atoms with Crippen LogP contribution in [0.2, 0.25) is 0 Å². The van der Waals surface area contributed by atoms with Crippen LogP contribution >= 0.6 is 0 Å². The zero-order chi connectivity index (χ0) is 14.5. The molecule has 3 unspecified atom stereocenters. The van der Waals surface area contributed by atoms with Gasteiger partial charge in [0.1, 0.15) is 0 Å². The van der Waals surface area contributed by atoms with Gasteiger partial charge in [-0.3, -0.25) is 0 Å². The van der Waals surface area contributed by atoms with E-state index in [1.54, 1.807) is 19.1 Å². The molecule has 6 heteroatoms. The number of fused-ring (bicyclic) bond motifs is 2. The molecule has 0 aliphatic carbocycles. The maximum Gasteiger partial charge on any atom is 0.181 e. The molecule has 0 saturated carbocycles. The Morgan fingerprint density at radius 2 is 1.75 bits per heavy atom. The number of benzene rings is 1. The van der Waals surface area contributed by atoms with Crippen LogP contribution in [0.4, 0.5) is 0 Å². The summed E-state index contributed by atoms with van der Waals surface area (Å²) in [5.41, 5.74) is 6.85. The van der Waals surface area contributed by atoms with Crippen LogP contribution in [0.5, 0.6) is 11.5 Å². The monoisotopic (exact) mass is 297 g/mol. The molecule has 5 nitrogen and oxygen atoms in total. The van der Waals surface area contributed by atoms with Gasteiger partial charge in [0.05, 0.1) is 23.4 Å². The molecule has 0 aromatic heterocycles. The highest BCUT2D eigenvalue weighted by molar-refractivity contribution is 7.92. The van der Waals surface area contributed by atoms with Gasteiger partial charge in [0.2, 0.25) is 0 Å². The lowest BCUT2D eigenvalue weighted by atomic mass is 9.92. The summed E-state index contributed by atoms with van der Waals surface area (Å²) in [5, 5.41) is -0.491. The number of nitrogens with two attached hydrogens (primary N) is 1. The molecule has 0 fully saturated rings. The molecule has 1 aromatic carbocycles. The Kier molecular flexibility index (Phi) is 3.17. The molecular weight excluding hydrogens is 278 g/mol. The largest absolute Gasteiger partial charge is 0.490 e. The van der Waals surface area contributed by atoms with Gasteiger partial charge in [-0.25, -0.2) is 8.42 Å². The fourth-order valence-corrected chi connectivity index (χ4v) is 4.70. The average Bonchev–Trinajstić information content (AvgIpc) is 2.66. The minimum Gasteiger partial charge on any atom is -0.490 e. The summed E-state index contributed by atoms with van der Waals surface area (Å²) < 4.78 is 36.4. The van der Waals surface area contributed by atoms with Crippen molar-refractivity contribution < 1.29 is 17.9 Å². The lowest BCUT2D eigenvalue weighted by molar-refractivity contribution is 0.296. The average molecular weight is 297 g/mol. The number of sulfone groups is 1. The van der Waals surface area contributed by atoms with Crippen molar-refractivity contribution in [2.75, 3.05) is 13.2 Å². The number of ether oxygens (including phenoxy) is 2. The van der Waals surface area contributed by atoms with Gasteiger partial charge in [-0.1, -0.05) is 6.92 Å². The molecule has 2 heterocycles. The van der Waals surface area contributed by atoms with E-state index in [1.807, 2.05) is 6.92 Å². The molecule has 2 N–H and O–H groups in total. The molecular formula is C14H19NO4S. The first-order valence-electron chi connectivity index (χ1n) is 6.86. The highest BCUT2D eigenvalue weighted by Gasteiger charge is 2.41. The fraction of sp³-hybridized carbons (Fsp3) is 0.571. The second-order valence-electron chi connectivity index (χ2n) is 5.52. The van der Waals surface area contributed by atoms with Crippen molar-refractivity contribution >= 4 is 9.84 Å². The molecule has 20 heavy (non-hydrogen) atoms. The lowest BCUT2D eigenvalue weighted by Gasteiger charge is -2.33. The first-order valence-corrected chi connectivity index (χ1v) is 8.40. The van der Waals surface area contributed by atoms with Crippen molar-refractivity contribution in [1.82, 2.24) is 0 Å². The van der Waals surface area contributed by atoms with E-state index >= 15 is 0 Å². The van der Waals surface area contributed by atoms with Crippen molar-refractivity contribution in [2.24, 2.45) is 11.7 Å². The Morgan fingerprint density at radius 3 is 2.40 bits per heavy atom. The van der Waals surface area contributed by atoms with Gasteiger partial charge in [0, 0.05) is 18.5 Å². The number of hydrogen-bond donors (Lipinski definition) is 1. The molecule has 0 radical (unpaired) electrons. The Bertz CT molecular complexity index is 641. The Balaban J connectivity index is 2.22. The van der Waals surface area contributed by atoms with Gasteiger partial charge < -0.3 is 15.2 Å².